The van der Waals surface area contributed by atoms with Crippen LogP contribution in [0.1, 0.15) is 168 Å². The average molecular weight is 659 g/mol. The summed E-state index contributed by atoms with van der Waals surface area (Å²) in [5.74, 6) is 3.03. The summed E-state index contributed by atoms with van der Waals surface area (Å²) in [5, 5.41) is 0. The first-order valence-electron chi connectivity index (χ1n) is 20.5. The molecule has 0 N–H and O–H groups in total. The van der Waals surface area contributed by atoms with Crippen molar-refractivity contribution >= 4 is 5.97 Å². The zero-order valence-electron chi connectivity index (χ0n) is 30.8. The maximum atomic E-state index is 12.0. The van der Waals surface area contributed by atoms with Gasteiger partial charge in [-0.05, 0) is 75.0 Å². The van der Waals surface area contributed by atoms with E-state index < -0.39 is 0 Å². The molecular formula is C42H74O5. The molecule has 2 fully saturated rings. The van der Waals surface area contributed by atoms with Gasteiger partial charge in [0.05, 0.1) is 19.8 Å². The molecule has 5 heteroatoms. The predicted molar refractivity (Wildman–Crippen MR) is 196 cm³/mol. The molecule has 272 valence electrons. The molecule has 2 saturated heterocycles. The van der Waals surface area contributed by atoms with Gasteiger partial charge in [0.1, 0.15) is 18.8 Å². The van der Waals surface area contributed by atoms with E-state index in [4.69, 9.17) is 18.9 Å². The van der Waals surface area contributed by atoms with Gasteiger partial charge in [-0.1, -0.05) is 134 Å². The lowest BCUT2D eigenvalue weighted by molar-refractivity contribution is -0.144. The molecule has 0 amide bonds. The highest BCUT2D eigenvalue weighted by Gasteiger charge is 2.34. The SMILES string of the molecule is CCCCC/C=C/CC1C(CCCCCC)C=CC(CCCCCCCCOCC2CO2)C1CCCCCCCC(=O)OCC1CO1. The minimum absolute atomic E-state index is 0.0543. The molecular weight excluding hydrogens is 584 g/mol. The molecule has 0 aromatic carbocycles. The Morgan fingerprint density at radius 2 is 1.19 bits per heavy atom. The van der Waals surface area contributed by atoms with Crippen molar-refractivity contribution in [2.75, 3.05) is 33.0 Å². The summed E-state index contributed by atoms with van der Waals surface area (Å²) in [6.07, 6.45) is 41.4. The van der Waals surface area contributed by atoms with Crippen LogP contribution in [0.5, 0.6) is 0 Å². The Hall–Kier alpha value is -1.17. The monoisotopic (exact) mass is 659 g/mol. The molecule has 1 aliphatic carbocycles. The molecule has 0 radical (unpaired) electrons. The van der Waals surface area contributed by atoms with E-state index in [-0.39, 0.29) is 12.1 Å². The van der Waals surface area contributed by atoms with Crippen LogP contribution in [0.25, 0.3) is 0 Å². The highest BCUT2D eigenvalue weighted by Crippen LogP contribution is 2.44. The minimum Gasteiger partial charge on any atom is -0.463 e. The molecule has 47 heavy (non-hydrogen) atoms. The lowest BCUT2D eigenvalue weighted by atomic mass is 9.65. The van der Waals surface area contributed by atoms with Crippen molar-refractivity contribution in [1.82, 2.24) is 0 Å². The summed E-state index contributed by atoms with van der Waals surface area (Å²) in [6, 6.07) is 0. The van der Waals surface area contributed by atoms with Crippen LogP contribution in [0.3, 0.4) is 0 Å². The Morgan fingerprint density at radius 3 is 1.87 bits per heavy atom. The zero-order valence-corrected chi connectivity index (χ0v) is 30.8. The van der Waals surface area contributed by atoms with Gasteiger partial charge in [-0.2, -0.15) is 0 Å². The van der Waals surface area contributed by atoms with E-state index in [2.05, 4.69) is 38.2 Å². The van der Waals surface area contributed by atoms with E-state index in [1.807, 2.05) is 0 Å². The highest BCUT2D eigenvalue weighted by molar-refractivity contribution is 5.69. The van der Waals surface area contributed by atoms with Gasteiger partial charge in [-0.3, -0.25) is 4.79 Å². The number of carbonyl (C=O) groups excluding carboxylic acids is 1. The average Bonchev–Trinajstić information content (AvgIpc) is 4.01. The van der Waals surface area contributed by atoms with Gasteiger partial charge in [-0.15, -0.1) is 0 Å². The number of carbonyl (C=O) groups is 1. The molecule has 0 bridgehead atoms. The van der Waals surface area contributed by atoms with Crippen LogP contribution < -0.4 is 0 Å². The van der Waals surface area contributed by atoms with Gasteiger partial charge in [0.2, 0.25) is 0 Å². The lowest BCUT2D eigenvalue weighted by Crippen LogP contribution is -2.31. The molecule has 0 spiro atoms. The fourth-order valence-corrected chi connectivity index (χ4v) is 7.57. The molecule has 5 nitrogen and oxygen atoms in total. The predicted octanol–water partition coefficient (Wildman–Crippen LogP) is 11.3. The van der Waals surface area contributed by atoms with Gasteiger partial charge < -0.3 is 18.9 Å². The second-order valence-corrected chi connectivity index (χ2v) is 15.0. The Kier molecular flexibility index (Phi) is 22.8. The van der Waals surface area contributed by atoms with E-state index in [0.717, 1.165) is 62.9 Å². The molecule has 3 rings (SSSR count). The molecule has 0 saturated carbocycles. The van der Waals surface area contributed by atoms with Crippen LogP contribution >= 0.6 is 0 Å². The third kappa shape index (κ3) is 20.2. The smallest absolute Gasteiger partial charge is 0.305 e. The van der Waals surface area contributed by atoms with Crippen molar-refractivity contribution in [2.24, 2.45) is 23.7 Å². The summed E-state index contributed by atoms with van der Waals surface area (Å²) in [4.78, 5) is 12.0. The van der Waals surface area contributed by atoms with Crippen LogP contribution in [0.15, 0.2) is 24.3 Å². The summed E-state index contributed by atoms with van der Waals surface area (Å²) < 4.78 is 21.4. The molecule has 2 aliphatic heterocycles. The Morgan fingerprint density at radius 1 is 0.638 bits per heavy atom. The van der Waals surface area contributed by atoms with Crippen molar-refractivity contribution in [3.63, 3.8) is 0 Å². The second-order valence-electron chi connectivity index (χ2n) is 15.0. The molecule has 0 aromatic heterocycles. The Bertz CT molecular complexity index is 816. The number of ether oxygens (including phenoxy) is 4. The largest absolute Gasteiger partial charge is 0.463 e. The first-order chi connectivity index (χ1) is 23.2. The number of allylic oxidation sites excluding steroid dienone is 4. The summed E-state index contributed by atoms with van der Waals surface area (Å²) in [6.45, 7) is 8.39. The van der Waals surface area contributed by atoms with Gasteiger partial charge in [0, 0.05) is 13.0 Å². The van der Waals surface area contributed by atoms with E-state index in [0.29, 0.717) is 19.1 Å². The topological polar surface area (TPSA) is 60.6 Å². The van der Waals surface area contributed by atoms with E-state index >= 15 is 0 Å². The lowest BCUT2D eigenvalue weighted by Gasteiger charge is -2.40. The molecule has 2 heterocycles. The minimum atomic E-state index is -0.0543. The number of hydrogen-bond donors (Lipinski definition) is 0. The van der Waals surface area contributed by atoms with Crippen molar-refractivity contribution in [2.45, 2.75) is 180 Å². The fourth-order valence-electron chi connectivity index (χ4n) is 7.57. The van der Waals surface area contributed by atoms with Crippen molar-refractivity contribution < 1.29 is 23.7 Å². The third-order valence-electron chi connectivity index (χ3n) is 10.7. The zero-order chi connectivity index (χ0) is 33.2. The van der Waals surface area contributed by atoms with E-state index in [1.165, 1.54) is 135 Å². The molecule has 6 unspecified atom stereocenters. The quantitative estimate of drug-likeness (QED) is 0.0311. The van der Waals surface area contributed by atoms with Crippen molar-refractivity contribution in [3.05, 3.63) is 24.3 Å². The number of hydrogen-bond acceptors (Lipinski definition) is 5. The van der Waals surface area contributed by atoms with Gasteiger partial charge in [0.25, 0.3) is 0 Å². The molecule has 6 atom stereocenters. The van der Waals surface area contributed by atoms with Crippen LogP contribution in [-0.4, -0.2) is 51.2 Å². The summed E-state index contributed by atoms with van der Waals surface area (Å²) >= 11 is 0. The van der Waals surface area contributed by atoms with Gasteiger partial charge in [-0.25, -0.2) is 0 Å². The number of epoxide rings is 2. The van der Waals surface area contributed by atoms with E-state index in [9.17, 15) is 4.79 Å². The van der Waals surface area contributed by atoms with E-state index in [1.54, 1.807) is 0 Å². The van der Waals surface area contributed by atoms with Crippen LogP contribution in [-0.2, 0) is 23.7 Å². The maximum Gasteiger partial charge on any atom is 0.305 e. The number of unbranched alkanes of at least 4 members (excludes halogenated alkanes) is 15. The molecule has 0 aromatic rings. The normalized spacial score (nSPS) is 25.1. The molecule has 3 aliphatic rings. The maximum absolute atomic E-state index is 12.0. The number of esters is 1. The van der Waals surface area contributed by atoms with Crippen LogP contribution in [0.2, 0.25) is 0 Å². The first-order valence-corrected chi connectivity index (χ1v) is 20.5. The first kappa shape index (κ1) is 40.3. The Balaban J connectivity index is 1.44. The standard InChI is InChI=1S/C42H74O5/c1-3-5-7-9-14-20-26-40-36(24-18-8-6-4-2)29-30-37(25-19-13-10-11-17-23-31-44-32-38-33-45-38)41(40)27-21-15-12-16-22-28-42(43)47-35-39-34-46-39/h14,20,29-30,36-41H,3-13,15-19,21-28,31-35H2,1-2H3/b20-14+. The van der Waals surface area contributed by atoms with Crippen molar-refractivity contribution in [1.29, 1.82) is 0 Å². The fraction of sp³-hybridized carbons (Fsp3) is 0.881. The highest BCUT2D eigenvalue weighted by atomic mass is 16.6. The van der Waals surface area contributed by atoms with Crippen LogP contribution in [0, 0.1) is 23.7 Å². The van der Waals surface area contributed by atoms with Gasteiger partial charge in [0.15, 0.2) is 0 Å². The van der Waals surface area contributed by atoms with Crippen molar-refractivity contribution in [3.8, 4) is 0 Å². The van der Waals surface area contributed by atoms with Gasteiger partial charge >= 0.3 is 5.97 Å². The Labute approximate surface area is 290 Å². The summed E-state index contributed by atoms with van der Waals surface area (Å²) in [5.41, 5.74) is 0. The second kappa shape index (κ2) is 26.7. The third-order valence-corrected chi connectivity index (χ3v) is 10.7. The summed E-state index contributed by atoms with van der Waals surface area (Å²) in [7, 11) is 0. The number of rotatable bonds is 32. The van der Waals surface area contributed by atoms with Crippen LogP contribution in [0.4, 0.5) is 0 Å².